The van der Waals surface area contributed by atoms with E-state index in [1.807, 2.05) is 31.3 Å². The highest BCUT2D eigenvalue weighted by molar-refractivity contribution is 5.36. The summed E-state index contributed by atoms with van der Waals surface area (Å²) >= 11 is 0. The standard InChI is InChI=1S/C14H22N6/c1-4-19(5-2)11-9-15-13-6-7-14(17-16-13)20-10-8-12(3)18-20/h6-8,10H,4-5,9,11H2,1-3H3,(H,15,16). The van der Waals surface area contributed by atoms with Crippen LogP contribution in [-0.2, 0) is 0 Å². The summed E-state index contributed by atoms with van der Waals surface area (Å²) in [6, 6.07) is 5.79. The van der Waals surface area contributed by atoms with Crippen molar-refractivity contribution in [2.24, 2.45) is 0 Å². The van der Waals surface area contributed by atoms with Crippen LogP contribution in [0, 0.1) is 6.92 Å². The van der Waals surface area contributed by atoms with Gasteiger partial charge in [-0.05, 0) is 38.2 Å². The van der Waals surface area contributed by atoms with Crippen molar-refractivity contribution in [3.63, 3.8) is 0 Å². The topological polar surface area (TPSA) is 58.9 Å². The molecule has 108 valence electrons. The number of nitrogens with zero attached hydrogens (tertiary/aromatic N) is 5. The largest absolute Gasteiger partial charge is 0.367 e. The Hall–Kier alpha value is -1.95. The van der Waals surface area contributed by atoms with Crippen molar-refractivity contribution in [2.45, 2.75) is 20.8 Å². The molecule has 2 heterocycles. The average molecular weight is 274 g/mol. The molecule has 2 aromatic heterocycles. The second kappa shape index (κ2) is 7.00. The third-order valence-corrected chi connectivity index (χ3v) is 3.24. The van der Waals surface area contributed by atoms with Crippen molar-refractivity contribution in [2.75, 3.05) is 31.5 Å². The van der Waals surface area contributed by atoms with Gasteiger partial charge in [-0.3, -0.25) is 0 Å². The number of hydrogen-bond acceptors (Lipinski definition) is 5. The van der Waals surface area contributed by atoms with E-state index >= 15 is 0 Å². The first-order valence-corrected chi connectivity index (χ1v) is 7.05. The van der Waals surface area contributed by atoms with Crippen molar-refractivity contribution in [1.82, 2.24) is 24.9 Å². The summed E-state index contributed by atoms with van der Waals surface area (Å²) in [5, 5.41) is 15.9. The summed E-state index contributed by atoms with van der Waals surface area (Å²) in [7, 11) is 0. The number of anilines is 1. The average Bonchev–Trinajstić information content (AvgIpc) is 2.91. The minimum atomic E-state index is 0.729. The van der Waals surface area contributed by atoms with Crippen molar-refractivity contribution in [1.29, 1.82) is 0 Å². The molecule has 0 aromatic carbocycles. The van der Waals surface area contributed by atoms with Gasteiger partial charge in [0.25, 0.3) is 0 Å². The zero-order valence-electron chi connectivity index (χ0n) is 12.4. The van der Waals surface area contributed by atoms with Gasteiger partial charge in [-0.25, -0.2) is 4.68 Å². The van der Waals surface area contributed by atoms with E-state index in [2.05, 4.69) is 39.4 Å². The second-order valence-corrected chi connectivity index (χ2v) is 4.63. The van der Waals surface area contributed by atoms with Crippen molar-refractivity contribution in [3.05, 3.63) is 30.1 Å². The third kappa shape index (κ3) is 3.77. The molecule has 0 atom stereocenters. The van der Waals surface area contributed by atoms with Crippen LogP contribution in [0.4, 0.5) is 5.82 Å². The van der Waals surface area contributed by atoms with Crippen LogP contribution in [-0.4, -0.2) is 51.1 Å². The molecule has 0 aliphatic carbocycles. The zero-order chi connectivity index (χ0) is 14.4. The van der Waals surface area contributed by atoms with Crippen LogP contribution in [0.2, 0.25) is 0 Å². The summed E-state index contributed by atoms with van der Waals surface area (Å²) in [5.74, 6) is 1.53. The molecule has 6 heteroatoms. The van der Waals surface area contributed by atoms with Gasteiger partial charge in [0.1, 0.15) is 5.82 Å². The molecule has 6 nitrogen and oxygen atoms in total. The Morgan fingerprint density at radius 3 is 2.50 bits per heavy atom. The van der Waals surface area contributed by atoms with Crippen LogP contribution in [0.1, 0.15) is 19.5 Å². The highest BCUT2D eigenvalue weighted by Gasteiger charge is 2.02. The van der Waals surface area contributed by atoms with Gasteiger partial charge >= 0.3 is 0 Å². The van der Waals surface area contributed by atoms with Crippen LogP contribution in [0.15, 0.2) is 24.4 Å². The van der Waals surface area contributed by atoms with Gasteiger partial charge in [0.05, 0.1) is 5.69 Å². The summed E-state index contributed by atoms with van der Waals surface area (Å²) < 4.78 is 1.72. The van der Waals surface area contributed by atoms with E-state index in [1.165, 1.54) is 0 Å². The maximum Gasteiger partial charge on any atom is 0.175 e. The molecule has 0 amide bonds. The minimum Gasteiger partial charge on any atom is -0.367 e. The van der Waals surface area contributed by atoms with E-state index in [0.717, 1.165) is 43.5 Å². The molecule has 0 bridgehead atoms. The molecule has 1 N–H and O–H groups in total. The fraction of sp³-hybridized carbons (Fsp3) is 0.500. The summed E-state index contributed by atoms with van der Waals surface area (Å²) in [6.07, 6.45) is 1.88. The van der Waals surface area contributed by atoms with Gasteiger partial charge in [0.2, 0.25) is 0 Å². The zero-order valence-corrected chi connectivity index (χ0v) is 12.4. The van der Waals surface area contributed by atoms with Gasteiger partial charge in [-0.15, -0.1) is 10.2 Å². The molecule has 0 radical (unpaired) electrons. The fourth-order valence-corrected chi connectivity index (χ4v) is 1.97. The molecular weight excluding hydrogens is 252 g/mol. The lowest BCUT2D eigenvalue weighted by molar-refractivity contribution is 0.316. The molecule has 0 aliphatic heterocycles. The van der Waals surface area contributed by atoms with E-state index in [0.29, 0.717) is 0 Å². The Morgan fingerprint density at radius 1 is 1.15 bits per heavy atom. The molecule has 2 rings (SSSR count). The molecule has 0 saturated carbocycles. The van der Waals surface area contributed by atoms with E-state index in [4.69, 9.17) is 0 Å². The Morgan fingerprint density at radius 2 is 1.95 bits per heavy atom. The van der Waals surface area contributed by atoms with Gasteiger partial charge in [0, 0.05) is 19.3 Å². The molecule has 20 heavy (non-hydrogen) atoms. The second-order valence-electron chi connectivity index (χ2n) is 4.63. The van der Waals surface area contributed by atoms with Crippen molar-refractivity contribution >= 4 is 5.82 Å². The predicted molar refractivity (Wildman–Crippen MR) is 80.2 cm³/mol. The number of aromatic nitrogens is 4. The van der Waals surface area contributed by atoms with Gasteiger partial charge in [-0.2, -0.15) is 5.10 Å². The fourth-order valence-electron chi connectivity index (χ4n) is 1.97. The maximum absolute atomic E-state index is 4.31. The molecule has 0 aliphatic rings. The highest BCUT2D eigenvalue weighted by Crippen LogP contribution is 2.06. The SMILES string of the molecule is CCN(CC)CCNc1ccc(-n2ccc(C)n2)nn1. The molecule has 2 aromatic rings. The molecule has 0 saturated heterocycles. The molecular formula is C14H22N6. The van der Waals surface area contributed by atoms with E-state index < -0.39 is 0 Å². The van der Waals surface area contributed by atoms with E-state index in [1.54, 1.807) is 4.68 Å². The minimum absolute atomic E-state index is 0.729. The Bertz CT molecular complexity index is 515. The Balaban J connectivity index is 1.88. The lowest BCUT2D eigenvalue weighted by Gasteiger charge is -2.17. The number of nitrogens with one attached hydrogen (secondary N) is 1. The van der Waals surface area contributed by atoms with Gasteiger partial charge < -0.3 is 10.2 Å². The molecule has 0 unspecified atom stereocenters. The first-order chi connectivity index (χ1) is 9.72. The van der Waals surface area contributed by atoms with Gasteiger partial charge in [-0.1, -0.05) is 13.8 Å². The lowest BCUT2D eigenvalue weighted by atomic mass is 10.4. The molecule has 0 fully saturated rings. The molecule has 0 spiro atoms. The smallest absolute Gasteiger partial charge is 0.175 e. The number of hydrogen-bond donors (Lipinski definition) is 1. The van der Waals surface area contributed by atoms with Crippen LogP contribution in [0.25, 0.3) is 5.82 Å². The quantitative estimate of drug-likeness (QED) is 0.833. The maximum atomic E-state index is 4.31. The van der Waals surface area contributed by atoms with E-state index in [-0.39, 0.29) is 0 Å². The van der Waals surface area contributed by atoms with Crippen LogP contribution >= 0.6 is 0 Å². The Labute approximate surface area is 119 Å². The number of rotatable bonds is 7. The first kappa shape index (κ1) is 14.5. The van der Waals surface area contributed by atoms with Crippen molar-refractivity contribution in [3.8, 4) is 5.82 Å². The highest BCUT2D eigenvalue weighted by atomic mass is 15.3. The summed E-state index contributed by atoms with van der Waals surface area (Å²) in [5.41, 5.74) is 0.966. The van der Waals surface area contributed by atoms with Crippen molar-refractivity contribution < 1.29 is 0 Å². The number of likely N-dealkylation sites (N-methyl/N-ethyl adjacent to an activating group) is 1. The normalized spacial score (nSPS) is 11.0. The summed E-state index contributed by atoms with van der Waals surface area (Å²) in [6.45, 7) is 10.3. The van der Waals surface area contributed by atoms with Crippen LogP contribution in [0.5, 0.6) is 0 Å². The van der Waals surface area contributed by atoms with Crippen LogP contribution in [0.3, 0.4) is 0 Å². The third-order valence-electron chi connectivity index (χ3n) is 3.24. The monoisotopic (exact) mass is 274 g/mol. The van der Waals surface area contributed by atoms with Gasteiger partial charge in [0.15, 0.2) is 5.82 Å². The van der Waals surface area contributed by atoms with E-state index in [9.17, 15) is 0 Å². The predicted octanol–water partition coefficient (Wildman–Crippen LogP) is 1.72. The van der Waals surface area contributed by atoms with Crippen LogP contribution < -0.4 is 5.32 Å². The Kier molecular flexibility index (Phi) is 5.06. The summed E-state index contributed by atoms with van der Waals surface area (Å²) in [4.78, 5) is 2.36. The lowest BCUT2D eigenvalue weighted by Crippen LogP contribution is -2.28. The first-order valence-electron chi connectivity index (χ1n) is 7.05. The number of aryl methyl sites for hydroxylation is 1.